The maximum absolute atomic E-state index is 7.33. The normalized spacial score (nSPS) is 25.8. The van der Waals surface area contributed by atoms with Crippen molar-refractivity contribution >= 4 is 5.84 Å². The predicted octanol–water partition coefficient (Wildman–Crippen LogP) is 2.96. The number of hydrogen-bond acceptors (Lipinski definition) is 3. The summed E-state index contributed by atoms with van der Waals surface area (Å²) in [5.74, 6) is 1.34. The van der Waals surface area contributed by atoms with Gasteiger partial charge in [-0.2, -0.15) is 0 Å². The van der Waals surface area contributed by atoms with Gasteiger partial charge in [0.1, 0.15) is 11.9 Å². The molecule has 0 aromatic carbocycles. The summed E-state index contributed by atoms with van der Waals surface area (Å²) in [6.45, 7) is 6.88. The number of aromatic nitrogens is 1. The zero-order chi connectivity index (χ0) is 14.0. The van der Waals surface area contributed by atoms with E-state index in [-0.39, 0.29) is 11.9 Å². The van der Waals surface area contributed by atoms with E-state index in [1.807, 2.05) is 0 Å². The number of rotatable bonds is 3. The maximum atomic E-state index is 7.33. The van der Waals surface area contributed by atoms with E-state index >= 15 is 0 Å². The largest absolute Gasteiger partial charge is 0.474 e. The van der Waals surface area contributed by atoms with Crippen molar-refractivity contribution in [2.24, 2.45) is 17.1 Å². The van der Waals surface area contributed by atoms with Gasteiger partial charge < -0.3 is 10.5 Å². The molecule has 2 rings (SSSR count). The lowest BCUT2D eigenvalue weighted by atomic mass is 9.71. The van der Waals surface area contributed by atoms with E-state index in [2.05, 4.69) is 25.8 Å². The Kier molecular flexibility index (Phi) is 3.78. The maximum Gasteiger partial charge on any atom is 0.213 e. The summed E-state index contributed by atoms with van der Waals surface area (Å²) >= 11 is 0. The molecule has 2 atom stereocenters. The molecule has 104 valence electrons. The number of nitrogen functional groups attached to an aromatic ring is 1. The van der Waals surface area contributed by atoms with Crippen LogP contribution in [0.3, 0.4) is 0 Å². The Balaban J connectivity index is 2.02. The number of amidine groups is 1. The van der Waals surface area contributed by atoms with Gasteiger partial charge in [0.15, 0.2) is 0 Å². The van der Waals surface area contributed by atoms with Crippen molar-refractivity contribution in [3.8, 4) is 5.88 Å². The fourth-order valence-electron chi connectivity index (χ4n) is 3.13. The number of hydrogen-bond donors (Lipinski definition) is 2. The molecular formula is C15H23N3O. The molecule has 1 heterocycles. The molecule has 0 bridgehead atoms. The Morgan fingerprint density at radius 1 is 1.42 bits per heavy atom. The van der Waals surface area contributed by atoms with Gasteiger partial charge in [-0.15, -0.1) is 0 Å². The van der Waals surface area contributed by atoms with Crippen LogP contribution in [0.25, 0.3) is 0 Å². The highest BCUT2D eigenvalue weighted by Gasteiger charge is 2.33. The Morgan fingerprint density at radius 3 is 2.68 bits per heavy atom. The highest BCUT2D eigenvalue weighted by atomic mass is 16.5. The van der Waals surface area contributed by atoms with Gasteiger partial charge in [0.25, 0.3) is 0 Å². The lowest BCUT2D eigenvalue weighted by Gasteiger charge is -2.38. The molecule has 3 N–H and O–H groups in total. The molecule has 1 aromatic rings. The number of nitrogens with zero attached hydrogens (tertiary/aromatic N) is 1. The van der Waals surface area contributed by atoms with E-state index in [4.69, 9.17) is 15.9 Å². The first kappa shape index (κ1) is 13.8. The summed E-state index contributed by atoms with van der Waals surface area (Å²) in [4.78, 5) is 4.22. The third kappa shape index (κ3) is 3.69. The Morgan fingerprint density at radius 2 is 2.16 bits per heavy atom. The van der Waals surface area contributed by atoms with Gasteiger partial charge in [-0.3, -0.25) is 5.41 Å². The van der Waals surface area contributed by atoms with Crippen LogP contribution >= 0.6 is 0 Å². The van der Waals surface area contributed by atoms with E-state index < -0.39 is 0 Å². The van der Waals surface area contributed by atoms with Crippen LogP contribution in [0.2, 0.25) is 0 Å². The zero-order valence-corrected chi connectivity index (χ0v) is 11.9. The van der Waals surface area contributed by atoms with Crippen LogP contribution in [0.15, 0.2) is 18.3 Å². The van der Waals surface area contributed by atoms with Crippen molar-refractivity contribution in [2.45, 2.75) is 46.1 Å². The minimum atomic E-state index is 0.0338. The van der Waals surface area contributed by atoms with Gasteiger partial charge in [0.2, 0.25) is 5.88 Å². The first-order chi connectivity index (χ1) is 8.85. The van der Waals surface area contributed by atoms with E-state index in [9.17, 15) is 0 Å². The highest BCUT2D eigenvalue weighted by molar-refractivity contribution is 5.94. The van der Waals surface area contributed by atoms with Crippen molar-refractivity contribution in [3.05, 3.63) is 23.9 Å². The third-order valence-corrected chi connectivity index (χ3v) is 3.68. The molecule has 0 saturated heterocycles. The molecule has 0 amide bonds. The van der Waals surface area contributed by atoms with Gasteiger partial charge >= 0.3 is 0 Å². The SMILES string of the molecule is CC1CC(Oc2ccc(C(=N)N)cn2)CC(C)(C)C1. The van der Waals surface area contributed by atoms with Crippen LogP contribution in [0, 0.1) is 16.7 Å². The number of nitrogens with two attached hydrogens (primary N) is 1. The van der Waals surface area contributed by atoms with E-state index in [1.54, 1.807) is 18.3 Å². The Bertz CT molecular complexity index is 453. The molecular weight excluding hydrogens is 238 g/mol. The Labute approximate surface area is 114 Å². The second kappa shape index (κ2) is 5.19. The van der Waals surface area contributed by atoms with Crippen molar-refractivity contribution in [1.82, 2.24) is 4.98 Å². The van der Waals surface area contributed by atoms with E-state index in [0.29, 0.717) is 22.8 Å². The first-order valence-corrected chi connectivity index (χ1v) is 6.83. The molecule has 1 aliphatic carbocycles. The predicted molar refractivity (Wildman–Crippen MR) is 76.5 cm³/mol. The van der Waals surface area contributed by atoms with Crippen molar-refractivity contribution in [3.63, 3.8) is 0 Å². The van der Waals surface area contributed by atoms with E-state index in [0.717, 1.165) is 12.8 Å². The van der Waals surface area contributed by atoms with Crippen LogP contribution in [0.1, 0.15) is 45.6 Å². The van der Waals surface area contributed by atoms with Gasteiger partial charge in [0.05, 0.1) is 0 Å². The fraction of sp³-hybridized carbons (Fsp3) is 0.600. The van der Waals surface area contributed by atoms with Crippen LogP contribution in [-0.4, -0.2) is 16.9 Å². The first-order valence-electron chi connectivity index (χ1n) is 6.83. The summed E-state index contributed by atoms with van der Waals surface area (Å²) in [7, 11) is 0. The number of nitrogens with one attached hydrogen (secondary N) is 1. The molecule has 4 heteroatoms. The lowest BCUT2D eigenvalue weighted by Crippen LogP contribution is -2.34. The average molecular weight is 261 g/mol. The number of pyridine rings is 1. The van der Waals surface area contributed by atoms with Crippen molar-refractivity contribution in [2.75, 3.05) is 0 Å². The summed E-state index contributed by atoms with van der Waals surface area (Å²) < 4.78 is 5.97. The van der Waals surface area contributed by atoms with Crippen LogP contribution in [0.4, 0.5) is 0 Å². The molecule has 19 heavy (non-hydrogen) atoms. The van der Waals surface area contributed by atoms with E-state index in [1.165, 1.54) is 6.42 Å². The summed E-state index contributed by atoms with van der Waals surface area (Å²) in [6, 6.07) is 3.57. The fourth-order valence-corrected chi connectivity index (χ4v) is 3.13. The number of ether oxygens (including phenoxy) is 1. The molecule has 1 saturated carbocycles. The molecule has 0 radical (unpaired) electrons. The summed E-state index contributed by atoms with van der Waals surface area (Å²) in [5.41, 5.74) is 6.37. The molecule has 2 unspecified atom stereocenters. The van der Waals surface area contributed by atoms with Gasteiger partial charge in [0, 0.05) is 17.8 Å². The topological polar surface area (TPSA) is 72.0 Å². The smallest absolute Gasteiger partial charge is 0.213 e. The molecule has 4 nitrogen and oxygen atoms in total. The Hall–Kier alpha value is -1.58. The molecule has 0 spiro atoms. The van der Waals surface area contributed by atoms with Gasteiger partial charge in [-0.25, -0.2) is 4.98 Å². The standard InChI is InChI=1S/C15H23N3O/c1-10-6-12(8-15(2,3)7-10)19-13-5-4-11(9-18-13)14(16)17/h4-5,9-10,12H,6-8H2,1-3H3,(H3,16,17). The van der Waals surface area contributed by atoms with Crippen molar-refractivity contribution in [1.29, 1.82) is 5.41 Å². The minimum absolute atomic E-state index is 0.0338. The molecule has 0 aliphatic heterocycles. The van der Waals surface area contributed by atoms with Gasteiger partial charge in [-0.1, -0.05) is 20.8 Å². The second-order valence-electron chi connectivity index (χ2n) is 6.45. The average Bonchev–Trinajstić information content (AvgIpc) is 2.26. The summed E-state index contributed by atoms with van der Waals surface area (Å²) in [6.07, 6.45) is 5.22. The third-order valence-electron chi connectivity index (χ3n) is 3.68. The monoisotopic (exact) mass is 261 g/mol. The highest BCUT2D eigenvalue weighted by Crippen LogP contribution is 2.39. The molecule has 1 fully saturated rings. The minimum Gasteiger partial charge on any atom is -0.474 e. The van der Waals surface area contributed by atoms with Crippen LogP contribution in [-0.2, 0) is 0 Å². The second-order valence-corrected chi connectivity index (χ2v) is 6.45. The molecule has 1 aliphatic rings. The lowest BCUT2D eigenvalue weighted by molar-refractivity contribution is 0.0532. The van der Waals surface area contributed by atoms with Gasteiger partial charge in [-0.05, 0) is 36.7 Å². The quantitative estimate of drug-likeness (QED) is 0.649. The molecule has 1 aromatic heterocycles. The van der Waals surface area contributed by atoms with Crippen LogP contribution < -0.4 is 10.5 Å². The zero-order valence-electron chi connectivity index (χ0n) is 11.9. The van der Waals surface area contributed by atoms with Crippen molar-refractivity contribution < 1.29 is 4.74 Å². The summed E-state index contributed by atoms with van der Waals surface area (Å²) in [5, 5.41) is 7.33. The van der Waals surface area contributed by atoms with Crippen LogP contribution in [0.5, 0.6) is 5.88 Å².